The minimum atomic E-state index is -2.87. The molecule has 2 fully saturated rings. The van der Waals surface area contributed by atoms with Crippen molar-refractivity contribution in [1.29, 1.82) is 0 Å². The molecule has 0 aliphatic carbocycles. The predicted octanol–water partition coefficient (Wildman–Crippen LogP) is 2.99. The summed E-state index contributed by atoms with van der Waals surface area (Å²) >= 11 is 3.39. The smallest absolute Gasteiger partial charge is 0.255 e. The Morgan fingerprint density at radius 1 is 1.14 bits per heavy atom. The van der Waals surface area contributed by atoms with E-state index < -0.39 is 9.84 Å². The van der Waals surface area contributed by atoms with Crippen molar-refractivity contribution in [3.05, 3.63) is 52.2 Å². The monoisotopic (exact) mass is 436 g/mol. The first-order valence-corrected chi connectivity index (χ1v) is 13.2. The van der Waals surface area contributed by atoms with E-state index in [1.807, 2.05) is 29.2 Å². The fourth-order valence-electron chi connectivity index (χ4n) is 3.83. The molecule has 0 spiro atoms. The summed E-state index contributed by atoms with van der Waals surface area (Å²) in [5.41, 5.74) is 2.04. The molecule has 0 saturated carbocycles. The van der Waals surface area contributed by atoms with Crippen LogP contribution in [0, 0.1) is 0 Å². The molecule has 8 heteroatoms. The summed E-state index contributed by atoms with van der Waals surface area (Å²) in [4.78, 5) is 18.3. The Labute approximate surface area is 174 Å². The van der Waals surface area contributed by atoms with Crippen molar-refractivity contribution >= 4 is 38.8 Å². The maximum atomic E-state index is 13.1. The lowest BCUT2D eigenvalue weighted by Crippen LogP contribution is -2.52. The largest absolute Gasteiger partial charge is 0.336 e. The molecule has 2 aliphatic rings. The van der Waals surface area contributed by atoms with Crippen LogP contribution in [-0.4, -0.2) is 67.9 Å². The van der Waals surface area contributed by atoms with E-state index in [-0.39, 0.29) is 17.7 Å². The molecular weight excluding hydrogens is 412 g/mol. The van der Waals surface area contributed by atoms with Crippen molar-refractivity contribution in [1.82, 2.24) is 9.80 Å². The summed E-state index contributed by atoms with van der Waals surface area (Å²) in [6.45, 7) is 2.80. The van der Waals surface area contributed by atoms with Gasteiger partial charge in [0.05, 0.1) is 17.1 Å². The molecule has 0 bridgehead atoms. The molecule has 2 aliphatic heterocycles. The number of rotatable bonds is 5. The average molecular weight is 437 g/mol. The first-order chi connectivity index (χ1) is 13.5. The lowest BCUT2D eigenvalue weighted by atomic mass is 10.1. The Morgan fingerprint density at radius 2 is 1.93 bits per heavy atom. The van der Waals surface area contributed by atoms with E-state index in [2.05, 4.69) is 21.7 Å². The van der Waals surface area contributed by atoms with Crippen LogP contribution < -0.4 is 0 Å². The molecule has 1 amide bonds. The quantitative estimate of drug-likeness (QED) is 0.675. The van der Waals surface area contributed by atoms with Crippen LogP contribution in [0.15, 0.2) is 46.0 Å². The van der Waals surface area contributed by atoms with Gasteiger partial charge < -0.3 is 4.90 Å². The number of piperazine rings is 1. The summed E-state index contributed by atoms with van der Waals surface area (Å²) in [6, 6.07) is 10.1. The minimum Gasteiger partial charge on any atom is -0.336 e. The number of hydrogen-bond acceptors (Lipinski definition) is 6. The lowest BCUT2D eigenvalue weighted by Gasteiger charge is -2.37. The minimum absolute atomic E-state index is 0.0760. The number of thioether (sulfide) groups is 1. The van der Waals surface area contributed by atoms with Crippen LogP contribution in [0.4, 0.5) is 0 Å². The second-order valence-electron chi connectivity index (χ2n) is 7.30. The molecule has 1 aromatic carbocycles. The van der Waals surface area contributed by atoms with Crippen molar-refractivity contribution in [2.45, 2.75) is 23.1 Å². The molecule has 5 nitrogen and oxygen atoms in total. The van der Waals surface area contributed by atoms with Crippen LogP contribution in [0.2, 0.25) is 0 Å². The second kappa shape index (κ2) is 8.57. The van der Waals surface area contributed by atoms with Gasteiger partial charge in [-0.1, -0.05) is 12.1 Å². The molecule has 2 aromatic rings. The van der Waals surface area contributed by atoms with Gasteiger partial charge in [0.25, 0.3) is 5.91 Å². The molecule has 0 radical (unpaired) electrons. The van der Waals surface area contributed by atoms with E-state index >= 15 is 0 Å². The molecule has 150 valence electrons. The highest BCUT2D eigenvalue weighted by molar-refractivity contribution is 7.98. The molecular formula is C20H24N2O3S3. The Morgan fingerprint density at radius 3 is 2.61 bits per heavy atom. The van der Waals surface area contributed by atoms with Crippen LogP contribution >= 0.6 is 23.1 Å². The van der Waals surface area contributed by atoms with Crippen LogP contribution in [-0.2, 0) is 15.6 Å². The fraction of sp³-hybridized carbons (Fsp3) is 0.450. The lowest BCUT2D eigenvalue weighted by molar-refractivity contribution is 0.0584. The van der Waals surface area contributed by atoms with E-state index in [9.17, 15) is 13.2 Å². The van der Waals surface area contributed by atoms with Crippen LogP contribution in [0.25, 0.3) is 0 Å². The van der Waals surface area contributed by atoms with Crippen LogP contribution in [0.3, 0.4) is 0 Å². The number of carbonyl (C=O) groups is 1. The zero-order valence-corrected chi connectivity index (χ0v) is 18.1. The second-order valence-corrected chi connectivity index (χ2v) is 11.3. The van der Waals surface area contributed by atoms with Gasteiger partial charge in [-0.3, -0.25) is 9.69 Å². The zero-order chi connectivity index (χ0) is 19.6. The third kappa shape index (κ3) is 4.62. The molecule has 4 rings (SSSR count). The molecule has 1 aromatic heterocycles. The van der Waals surface area contributed by atoms with Crippen LogP contribution in [0.1, 0.15) is 22.3 Å². The number of hydrogen-bond donors (Lipinski definition) is 0. The van der Waals surface area contributed by atoms with Gasteiger partial charge in [0.15, 0.2) is 9.84 Å². The molecule has 1 unspecified atom stereocenters. The summed E-state index contributed by atoms with van der Waals surface area (Å²) in [6.07, 6.45) is 0.721. The summed E-state index contributed by atoms with van der Waals surface area (Å²) in [5, 5.41) is 4.21. The fourth-order valence-corrected chi connectivity index (χ4v) is 7.35. The van der Waals surface area contributed by atoms with Gasteiger partial charge in [-0.05, 0) is 40.9 Å². The summed E-state index contributed by atoms with van der Waals surface area (Å²) < 4.78 is 23.5. The highest BCUT2D eigenvalue weighted by Gasteiger charge is 2.34. The number of amides is 1. The van der Waals surface area contributed by atoms with Crippen molar-refractivity contribution in [2.75, 3.05) is 37.7 Å². The molecule has 3 heterocycles. The molecule has 28 heavy (non-hydrogen) atoms. The number of nitrogens with zero attached hydrogens (tertiary/aromatic N) is 2. The zero-order valence-electron chi connectivity index (χ0n) is 15.6. The number of carbonyl (C=O) groups excluding carboxylic acids is 1. The normalized spacial score (nSPS) is 22.4. The van der Waals surface area contributed by atoms with Crippen LogP contribution in [0.5, 0.6) is 0 Å². The standard InChI is InChI=1S/C20H24N2O3S3/c23-20(18-3-1-2-4-19(18)27-14-16-5-11-26-13-16)22-9-7-21(8-10-22)17-6-12-28(24,25)15-17/h1-5,11,13,17H,6-10,12,14-15H2. The first kappa shape index (κ1) is 19.9. The Hall–Kier alpha value is -1.35. The van der Waals surface area contributed by atoms with E-state index in [4.69, 9.17) is 0 Å². The molecule has 0 N–H and O–H groups in total. The summed E-state index contributed by atoms with van der Waals surface area (Å²) in [5.74, 6) is 1.50. The molecule has 1 atom stereocenters. The van der Waals surface area contributed by atoms with Crippen molar-refractivity contribution < 1.29 is 13.2 Å². The topological polar surface area (TPSA) is 57.7 Å². The number of sulfone groups is 1. The van der Waals surface area contributed by atoms with Gasteiger partial charge in [0, 0.05) is 42.9 Å². The van der Waals surface area contributed by atoms with E-state index in [0.29, 0.717) is 18.8 Å². The third-order valence-electron chi connectivity index (χ3n) is 5.42. The maximum absolute atomic E-state index is 13.1. The van der Waals surface area contributed by atoms with Gasteiger partial charge in [0.1, 0.15) is 0 Å². The van der Waals surface area contributed by atoms with Gasteiger partial charge in [-0.2, -0.15) is 11.3 Å². The highest BCUT2D eigenvalue weighted by Crippen LogP contribution is 2.28. The van der Waals surface area contributed by atoms with E-state index in [1.165, 1.54) is 5.56 Å². The van der Waals surface area contributed by atoms with Crippen molar-refractivity contribution in [3.63, 3.8) is 0 Å². The SMILES string of the molecule is O=C(c1ccccc1SCc1ccsc1)N1CCN(C2CCS(=O)(=O)C2)CC1. The van der Waals surface area contributed by atoms with Gasteiger partial charge in [-0.25, -0.2) is 8.42 Å². The van der Waals surface area contributed by atoms with Crippen molar-refractivity contribution in [3.8, 4) is 0 Å². The molecule has 2 saturated heterocycles. The predicted molar refractivity (Wildman–Crippen MR) is 115 cm³/mol. The van der Waals surface area contributed by atoms with E-state index in [0.717, 1.165) is 35.7 Å². The highest BCUT2D eigenvalue weighted by atomic mass is 32.2. The Balaban J connectivity index is 1.37. The Bertz CT molecular complexity index is 920. The first-order valence-electron chi connectivity index (χ1n) is 9.48. The van der Waals surface area contributed by atoms with Gasteiger partial charge in [-0.15, -0.1) is 11.8 Å². The number of thiophene rings is 1. The van der Waals surface area contributed by atoms with Gasteiger partial charge >= 0.3 is 0 Å². The van der Waals surface area contributed by atoms with E-state index in [1.54, 1.807) is 23.1 Å². The maximum Gasteiger partial charge on any atom is 0.255 e. The van der Waals surface area contributed by atoms with Crippen molar-refractivity contribution in [2.24, 2.45) is 0 Å². The number of benzene rings is 1. The third-order valence-corrected chi connectivity index (χ3v) is 9.05. The average Bonchev–Trinajstić information content (AvgIpc) is 3.35. The summed E-state index contributed by atoms with van der Waals surface area (Å²) in [7, 11) is -2.87. The Kier molecular flexibility index (Phi) is 6.10. The van der Waals surface area contributed by atoms with Gasteiger partial charge in [0.2, 0.25) is 0 Å².